The fourth-order valence-corrected chi connectivity index (χ4v) is 4.22. The van der Waals surface area contributed by atoms with Gasteiger partial charge in [0.05, 0.1) is 15.6 Å². The molecule has 0 aromatic heterocycles. The number of benzene rings is 1. The third kappa shape index (κ3) is 2.82. The van der Waals surface area contributed by atoms with Crippen LogP contribution in [-0.2, 0) is 6.42 Å². The molecule has 0 amide bonds. The van der Waals surface area contributed by atoms with Crippen LogP contribution in [0.3, 0.4) is 0 Å². The SMILES string of the molecule is CC1(C)CCSCC1(O)Cc1ccc(Cl)c(Cl)c1. The van der Waals surface area contributed by atoms with Gasteiger partial charge in [0.1, 0.15) is 0 Å². The summed E-state index contributed by atoms with van der Waals surface area (Å²) in [5.41, 5.74) is 0.305. The van der Waals surface area contributed by atoms with Crippen LogP contribution in [0.5, 0.6) is 0 Å². The topological polar surface area (TPSA) is 20.2 Å². The summed E-state index contributed by atoms with van der Waals surface area (Å²) in [5, 5.41) is 12.0. The Hall–Kier alpha value is 0.110. The molecule has 100 valence electrons. The van der Waals surface area contributed by atoms with Gasteiger partial charge >= 0.3 is 0 Å². The minimum Gasteiger partial charge on any atom is -0.388 e. The van der Waals surface area contributed by atoms with E-state index in [-0.39, 0.29) is 5.41 Å². The molecular weight excluding hydrogens is 287 g/mol. The number of aliphatic hydroxyl groups is 1. The Balaban J connectivity index is 2.23. The van der Waals surface area contributed by atoms with Gasteiger partial charge in [-0.1, -0.05) is 43.1 Å². The van der Waals surface area contributed by atoms with Crippen LogP contribution in [0.1, 0.15) is 25.8 Å². The Labute approximate surface area is 123 Å². The molecule has 0 aliphatic carbocycles. The summed E-state index contributed by atoms with van der Waals surface area (Å²) in [6, 6.07) is 5.60. The van der Waals surface area contributed by atoms with Crippen molar-refractivity contribution in [3.05, 3.63) is 33.8 Å². The Morgan fingerprint density at radius 3 is 2.61 bits per heavy atom. The van der Waals surface area contributed by atoms with Gasteiger partial charge in [-0.25, -0.2) is 0 Å². The maximum atomic E-state index is 10.9. The molecule has 0 radical (unpaired) electrons. The third-order valence-corrected chi connectivity index (χ3v) is 5.87. The van der Waals surface area contributed by atoms with Crippen LogP contribution in [0.2, 0.25) is 10.0 Å². The first-order chi connectivity index (χ1) is 8.34. The molecule has 4 heteroatoms. The lowest BCUT2D eigenvalue weighted by molar-refractivity contribution is -0.0512. The van der Waals surface area contributed by atoms with Gasteiger partial charge in [0.15, 0.2) is 0 Å². The molecular formula is C14H18Cl2OS. The van der Waals surface area contributed by atoms with Crippen LogP contribution in [-0.4, -0.2) is 22.2 Å². The Morgan fingerprint density at radius 1 is 1.28 bits per heavy atom. The van der Waals surface area contributed by atoms with E-state index in [1.807, 2.05) is 23.9 Å². The van der Waals surface area contributed by atoms with E-state index in [0.29, 0.717) is 16.5 Å². The van der Waals surface area contributed by atoms with Gasteiger partial charge in [-0.05, 0) is 35.3 Å². The van der Waals surface area contributed by atoms with Crippen LogP contribution in [0.25, 0.3) is 0 Å². The van der Waals surface area contributed by atoms with Gasteiger partial charge in [0.25, 0.3) is 0 Å². The zero-order chi connectivity index (χ0) is 13.4. The van der Waals surface area contributed by atoms with Gasteiger partial charge in [-0.3, -0.25) is 0 Å². The first-order valence-electron chi connectivity index (χ1n) is 6.08. The van der Waals surface area contributed by atoms with Crippen LogP contribution < -0.4 is 0 Å². The molecule has 2 rings (SSSR count). The highest BCUT2D eigenvalue weighted by molar-refractivity contribution is 7.99. The Kier molecular flexibility index (Phi) is 4.23. The first kappa shape index (κ1) is 14.5. The summed E-state index contributed by atoms with van der Waals surface area (Å²) in [5.74, 6) is 1.90. The second-order valence-corrected chi connectivity index (χ2v) is 7.56. The molecule has 1 atom stereocenters. The molecule has 1 heterocycles. The third-order valence-electron chi connectivity index (χ3n) is 3.95. The molecule has 1 unspecified atom stereocenters. The summed E-state index contributed by atoms with van der Waals surface area (Å²) >= 11 is 13.8. The predicted molar refractivity (Wildman–Crippen MR) is 80.8 cm³/mol. The number of rotatable bonds is 2. The minimum atomic E-state index is -0.674. The molecule has 1 aliphatic rings. The molecule has 0 bridgehead atoms. The van der Waals surface area contributed by atoms with Crippen molar-refractivity contribution in [3.63, 3.8) is 0 Å². The number of thioether (sulfide) groups is 1. The van der Waals surface area contributed by atoms with Crippen molar-refractivity contribution in [2.45, 2.75) is 32.3 Å². The van der Waals surface area contributed by atoms with Crippen LogP contribution in [0.15, 0.2) is 18.2 Å². The molecule has 0 spiro atoms. The average molecular weight is 305 g/mol. The van der Waals surface area contributed by atoms with Gasteiger partial charge in [-0.2, -0.15) is 11.8 Å². The molecule has 0 saturated carbocycles. The summed E-state index contributed by atoms with van der Waals surface area (Å²) in [6.07, 6.45) is 1.67. The second-order valence-electron chi connectivity index (χ2n) is 5.64. The lowest BCUT2D eigenvalue weighted by Crippen LogP contribution is -2.51. The number of hydrogen-bond donors (Lipinski definition) is 1. The predicted octanol–water partition coefficient (Wildman–Crippen LogP) is 4.43. The molecule has 1 saturated heterocycles. The van der Waals surface area contributed by atoms with E-state index in [4.69, 9.17) is 23.2 Å². The summed E-state index contributed by atoms with van der Waals surface area (Å²) < 4.78 is 0. The zero-order valence-electron chi connectivity index (χ0n) is 10.7. The van der Waals surface area contributed by atoms with Crippen LogP contribution in [0, 0.1) is 5.41 Å². The maximum Gasteiger partial charge on any atom is 0.0828 e. The van der Waals surface area contributed by atoms with Gasteiger partial charge in [0.2, 0.25) is 0 Å². The van der Waals surface area contributed by atoms with Gasteiger partial charge in [-0.15, -0.1) is 0 Å². The first-order valence-corrected chi connectivity index (χ1v) is 7.99. The van der Waals surface area contributed by atoms with Crippen molar-refractivity contribution in [2.75, 3.05) is 11.5 Å². The molecule has 18 heavy (non-hydrogen) atoms. The fraction of sp³-hybridized carbons (Fsp3) is 0.571. The summed E-state index contributed by atoms with van der Waals surface area (Å²) in [4.78, 5) is 0. The van der Waals surface area contributed by atoms with E-state index < -0.39 is 5.60 Å². The Bertz CT molecular complexity index is 447. The largest absolute Gasteiger partial charge is 0.388 e. The number of halogens is 2. The van der Waals surface area contributed by atoms with Crippen molar-refractivity contribution < 1.29 is 5.11 Å². The van der Waals surface area contributed by atoms with Crippen LogP contribution >= 0.6 is 35.0 Å². The second kappa shape index (κ2) is 5.24. The van der Waals surface area contributed by atoms with E-state index in [2.05, 4.69) is 13.8 Å². The van der Waals surface area contributed by atoms with E-state index in [0.717, 1.165) is 23.5 Å². The minimum absolute atomic E-state index is 0.0651. The summed E-state index contributed by atoms with van der Waals surface area (Å²) in [7, 11) is 0. The van der Waals surface area contributed by atoms with Crippen molar-refractivity contribution in [2.24, 2.45) is 5.41 Å². The van der Waals surface area contributed by atoms with E-state index in [1.54, 1.807) is 6.07 Å². The Morgan fingerprint density at radius 2 is 2.00 bits per heavy atom. The highest BCUT2D eigenvalue weighted by atomic mass is 35.5. The van der Waals surface area contributed by atoms with E-state index in [9.17, 15) is 5.11 Å². The molecule has 1 aliphatic heterocycles. The fourth-order valence-electron chi connectivity index (χ4n) is 2.27. The molecule has 1 fully saturated rings. The van der Waals surface area contributed by atoms with Gasteiger partial charge in [0, 0.05) is 12.2 Å². The highest BCUT2D eigenvalue weighted by Gasteiger charge is 2.45. The van der Waals surface area contributed by atoms with Crippen molar-refractivity contribution in [3.8, 4) is 0 Å². The molecule has 1 N–H and O–H groups in total. The standard InChI is InChI=1S/C14H18Cl2OS/c1-13(2)5-6-18-9-14(13,17)8-10-3-4-11(15)12(16)7-10/h3-4,7,17H,5-6,8-9H2,1-2H3. The van der Waals surface area contributed by atoms with Gasteiger partial charge < -0.3 is 5.11 Å². The molecule has 1 aromatic carbocycles. The quantitative estimate of drug-likeness (QED) is 0.872. The average Bonchev–Trinajstić information content (AvgIpc) is 2.28. The molecule has 1 nitrogen and oxygen atoms in total. The van der Waals surface area contributed by atoms with Crippen molar-refractivity contribution in [1.29, 1.82) is 0 Å². The van der Waals surface area contributed by atoms with Crippen molar-refractivity contribution >= 4 is 35.0 Å². The highest BCUT2D eigenvalue weighted by Crippen LogP contribution is 2.44. The van der Waals surface area contributed by atoms with E-state index >= 15 is 0 Å². The lowest BCUT2D eigenvalue weighted by atomic mass is 9.70. The summed E-state index contributed by atoms with van der Waals surface area (Å²) in [6.45, 7) is 4.29. The maximum absolute atomic E-state index is 10.9. The zero-order valence-corrected chi connectivity index (χ0v) is 13.0. The lowest BCUT2D eigenvalue weighted by Gasteiger charge is -2.46. The molecule has 1 aromatic rings. The van der Waals surface area contributed by atoms with E-state index in [1.165, 1.54) is 0 Å². The monoisotopic (exact) mass is 304 g/mol. The normalized spacial score (nSPS) is 27.2. The smallest absolute Gasteiger partial charge is 0.0828 e. The number of hydrogen-bond acceptors (Lipinski definition) is 2. The van der Waals surface area contributed by atoms with Crippen LogP contribution in [0.4, 0.5) is 0 Å². The van der Waals surface area contributed by atoms with Crippen molar-refractivity contribution in [1.82, 2.24) is 0 Å².